The number of rotatable bonds is 3. The van der Waals surface area contributed by atoms with Gasteiger partial charge in [-0.3, -0.25) is 0 Å². The smallest absolute Gasteiger partial charge is 0.259 e. The molecule has 1 aromatic rings. The molecule has 0 aromatic carbocycles. The number of hydrogen-bond donors (Lipinski definition) is 2. The summed E-state index contributed by atoms with van der Waals surface area (Å²) < 4.78 is 5.12. The van der Waals surface area contributed by atoms with Gasteiger partial charge in [-0.05, 0) is 19.4 Å². The van der Waals surface area contributed by atoms with Gasteiger partial charge in [0.15, 0.2) is 11.4 Å². The first kappa shape index (κ1) is 10.6. The molecule has 2 atom stereocenters. The molecule has 0 spiro atoms. The van der Waals surface area contributed by atoms with Crippen molar-refractivity contribution in [2.45, 2.75) is 38.2 Å². The van der Waals surface area contributed by atoms with E-state index in [4.69, 9.17) is 4.52 Å². The molecule has 1 aliphatic heterocycles. The summed E-state index contributed by atoms with van der Waals surface area (Å²) in [6.07, 6.45) is 1.60. The fraction of sp³-hybridized carbons (Fsp3) is 0.800. The molecule has 15 heavy (non-hydrogen) atoms. The summed E-state index contributed by atoms with van der Waals surface area (Å²) in [4.78, 5) is 4.27. The predicted molar refractivity (Wildman–Crippen MR) is 54.4 cm³/mol. The summed E-state index contributed by atoms with van der Waals surface area (Å²) in [6, 6.07) is 0. The van der Waals surface area contributed by atoms with E-state index in [1.54, 1.807) is 0 Å². The van der Waals surface area contributed by atoms with Crippen molar-refractivity contribution in [1.82, 2.24) is 15.5 Å². The van der Waals surface area contributed by atoms with Crippen LogP contribution < -0.4 is 5.32 Å². The van der Waals surface area contributed by atoms with Crippen LogP contribution in [0.15, 0.2) is 4.52 Å². The van der Waals surface area contributed by atoms with E-state index >= 15 is 0 Å². The summed E-state index contributed by atoms with van der Waals surface area (Å²) in [5.74, 6) is 1.32. The van der Waals surface area contributed by atoms with Crippen LogP contribution >= 0.6 is 0 Å². The van der Waals surface area contributed by atoms with E-state index in [1.807, 2.05) is 6.92 Å². The average Bonchev–Trinajstić information content (AvgIpc) is 2.85. The van der Waals surface area contributed by atoms with E-state index in [-0.39, 0.29) is 5.92 Å². The Morgan fingerprint density at radius 3 is 3.07 bits per heavy atom. The molecule has 2 rings (SSSR count). The summed E-state index contributed by atoms with van der Waals surface area (Å²) in [6.45, 7) is 5.41. The molecule has 2 unspecified atom stereocenters. The minimum atomic E-state index is -0.960. The monoisotopic (exact) mass is 211 g/mol. The Hall–Kier alpha value is -0.940. The zero-order chi connectivity index (χ0) is 10.9. The molecule has 5 nitrogen and oxygen atoms in total. The minimum Gasteiger partial charge on any atom is -0.379 e. The van der Waals surface area contributed by atoms with Gasteiger partial charge in [-0.1, -0.05) is 19.0 Å². The van der Waals surface area contributed by atoms with Gasteiger partial charge >= 0.3 is 0 Å². The van der Waals surface area contributed by atoms with Gasteiger partial charge in [0.1, 0.15) is 0 Å². The van der Waals surface area contributed by atoms with Crippen LogP contribution in [0.2, 0.25) is 0 Å². The highest BCUT2D eigenvalue weighted by molar-refractivity contribution is 5.05. The van der Waals surface area contributed by atoms with Crippen molar-refractivity contribution in [3.8, 4) is 0 Å². The standard InChI is InChI=1S/C10H17N3O2/c1-3-7(2)8-12-9(15-13-8)10(14)4-5-11-6-10/h7,11,14H,3-6H2,1-2H3. The Morgan fingerprint density at radius 2 is 2.47 bits per heavy atom. The van der Waals surface area contributed by atoms with Gasteiger partial charge in [-0.15, -0.1) is 0 Å². The minimum absolute atomic E-state index is 0.278. The highest BCUT2D eigenvalue weighted by Gasteiger charge is 2.38. The van der Waals surface area contributed by atoms with Crippen LogP contribution in [0, 0.1) is 0 Å². The van der Waals surface area contributed by atoms with Gasteiger partial charge in [-0.25, -0.2) is 0 Å². The van der Waals surface area contributed by atoms with Crippen LogP contribution in [-0.2, 0) is 5.60 Å². The second-order valence-corrected chi connectivity index (χ2v) is 4.23. The summed E-state index contributed by atoms with van der Waals surface area (Å²) in [7, 11) is 0. The van der Waals surface area contributed by atoms with Gasteiger partial charge in [0.25, 0.3) is 5.89 Å². The maximum absolute atomic E-state index is 10.2. The van der Waals surface area contributed by atoms with Crippen LogP contribution in [0.5, 0.6) is 0 Å². The zero-order valence-corrected chi connectivity index (χ0v) is 9.16. The van der Waals surface area contributed by atoms with Crippen molar-refractivity contribution in [3.63, 3.8) is 0 Å². The largest absolute Gasteiger partial charge is 0.379 e. The fourth-order valence-corrected chi connectivity index (χ4v) is 1.67. The first-order valence-corrected chi connectivity index (χ1v) is 5.43. The number of nitrogens with zero attached hydrogens (tertiary/aromatic N) is 2. The van der Waals surface area contributed by atoms with E-state index < -0.39 is 5.60 Å². The molecule has 1 aliphatic rings. The quantitative estimate of drug-likeness (QED) is 0.772. The first-order chi connectivity index (χ1) is 7.15. The molecule has 0 bridgehead atoms. The molecule has 0 amide bonds. The van der Waals surface area contributed by atoms with Crippen molar-refractivity contribution in [3.05, 3.63) is 11.7 Å². The van der Waals surface area contributed by atoms with Crippen LogP contribution in [0.25, 0.3) is 0 Å². The second kappa shape index (κ2) is 3.90. The molecule has 0 saturated carbocycles. The molecule has 1 fully saturated rings. The molecule has 84 valence electrons. The van der Waals surface area contributed by atoms with Crippen molar-refractivity contribution >= 4 is 0 Å². The van der Waals surface area contributed by atoms with Gasteiger partial charge in [-0.2, -0.15) is 4.98 Å². The molecule has 0 radical (unpaired) electrons. The number of β-amino-alcohol motifs (C(OH)–C–C–N with tert-alkyl or cyclic N) is 1. The number of hydrogen-bond acceptors (Lipinski definition) is 5. The number of aliphatic hydroxyl groups is 1. The Labute approximate surface area is 88.9 Å². The Kier molecular flexibility index (Phi) is 2.75. The zero-order valence-electron chi connectivity index (χ0n) is 9.16. The molecule has 2 heterocycles. The molecular formula is C10H17N3O2. The molecule has 5 heteroatoms. The van der Waals surface area contributed by atoms with Crippen LogP contribution in [0.1, 0.15) is 44.3 Å². The fourth-order valence-electron chi connectivity index (χ4n) is 1.67. The molecule has 2 N–H and O–H groups in total. The van der Waals surface area contributed by atoms with Crippen molar-refractivity contribution in [2.75, 3.05) is 13.1 Å². The first-order valence-electron chi connectivity index (χ1n) is 5.43. The van der Waals surface area contributed by atoms with E-state index in [2.05, 4.69) is 22.4 Å². The van der Waals surface area contributed by atoms with E-state index in [9.17, 15) is 5.11 Å². The van der Waals surface area contributed by atoms with Gasteiger partial charge in [0.2, 0.25) is 0 Å². The van der Waals surface area contributed by atoms with Crippen LogP contribution in [0.4, 0.5) is 0 Å². The summed E-state index contributed by atoms with van der Waals surface area (Å²) in [5, 5.41) is 17.2. The number of aromatic nitrogens is 2. The normalized spacial score (nSPS) is 28.2. The summed E-state index contributed by atoms with van der Waals surface area (Å²) >= 11 is 0. The molecular weight excluding hydrogens is 194 g/mol. The van der Waals surface area contributed by atoms with Crippen LogP contribution in [-0.4, -0.2) is 28.3 Å². The van der Waals surface area contributed by atoms with Crippen molar-refractivity contribution < 1.29 is 9.63 Å². The second-order valence-electron chi connectivity index (χ2n) is 4.23. The molecule has 1 aromatic heterocycles. The highest BCUT2D eigenvalue weighted by Crippen LogP contribution is 2.27. The maximum atomic E-state index is 10.2. The van der Waals surface area contributed by atoms with Gasteiger partial charge < -0.3 is 14.9 Å². The van der Waals surface area contributed by atoms with E-state index in [1.165, 1.54) is 0 Å². The number of nitrogens with one attached hydrogen (secondary N) is 1. The SMILES string of the molecule is CCC(C)c1noc(C2(O)CCNC2)n1. The van der Waals surface area contributed by atoms with E-state index in [0.717, 1.165) is 13.0 Å². The topological polar surface area (TPSA) is 71.2 Å². The van der Waals surface area contributed by atoms with Gasteiger partial charge in [0.05, 0.1) is 0 Å². The Morgan fingerprint density at radius 1 is 1.67 bits per heavy atom. The van der Waals surface area contributed by atoms with Crippen molar-refractivity contribution in [1.29, 1.82) is 0 Å². The predicted octanol–water partition coefficient (Wildman–Crippen LogP) is 0.764. The highest BCUT2D eigenvalue weighted by atomic mass is 16.5. The van der Waals surface area contributed by atoms with Crippen LogP contribution in [0.3, 0.4) is 0 Å². The lowest BCUT2D eigenvalue weighted by Crippen LogP contribution is -2.28. The van der Waals surface area contributed by atoms with E-state index in [0.29, 0.717) is 24.7 Å². The summed E-state index contributed by atoms with van der Waals surface area (Å²) in [5.41, 5.74) is -0.960. The molecule has 1 saturated heterocycles. The lowest BCUT2D eigenvalue weighted by atomic mass is 10.0. The lowest BCUT2D eigenvalue weighted by molar-refractivity contribution is 0.0243. The Bertz CT molecular complexity index is 331. The maximum Gasteiger partial charge on any atom is 0.259 e. The molecule has 0 aliphatic carbocycles. The third kappa shape index (κ3) is 1.89. The van der Waals surface area contributed by atoms with Gasteiger partial charge in [0, 0.05) is 12.5 Å². The van der Waals surface area contributed by atoms with Crippen molar-refractivity contribution in [2.24, 2.45) is 0 Å². The Balaban J connectivity index is 2.19. The third-order valence-electron chi connectivity index (χ3n) is 3.03. The average molecular weight is 211 g/mol. The lowest BCUT2D eigenvalue weighted by Gasteiger charge is -2.14. The third-order valence-corrected chi connectivity index (χ3v) is 3.03.